The fourth-order valence-corrected chi connectivity index (χ4v) is 5.40. The van der Waals surface area contributed by atoms with Gasteiger partial charge in [0.2, 0.25) is 0 Å². The van der Waals surface area contributed by atoms with Crippen molar-refractivity contribution < 1.29 is 38.9 Å². The fraction of sp³-hybridized carbons (Fsp3) is 0. The van der Waals surface area contributed by atoms with Gasteiger partial charge in [0.05, 0.1) is 22.0 Å². The van der Waals surface area contributed by atoms with Gasteiger partial charge in [0.25, 0.3) is 30.4 Å². The summed E-state index contributed by atoms with van der Waals surface area (Å²) in [5, 5.41) is 8.13. The zero-order chi connectivity index (χ0) is 28.6. The molecule has 0 aliphatic heterocycles. The molecule has 4 aromatic rings. The Morgan fingerprint density at radius 2 is 1.18 bits per heavy atom. The third kappa shape index (κ3) is 6.30. The molecule has 7 N–H and O–H groups in total. The standard InChI is InChI=1S/C22H19N5O9S3/c23-17-9-11-18(16-2-1-3-20(22(16)17)38(31,32)33)26-27-19-10-6-14(12-21(19)39(34,35)36)25-24-13-4-7-15(8-5-13)37(28,29)30/h1-12,24-25H,23H2,(H,28,29,30)(H,31,32,33)(H,34,35,36). The van der Waals surface area contributed by atoms with Gasteiger partial charge in [-0.05, 0) is 60.7 Å². The van der Waals surface area contributed by atoms with E-state index in [1.165, 1.54) is 48.5 Å². The van der Waals surface area contributed by atoms with Crippen LogP contribution in [0.15, 0.2) is 97.7 Å². The van der Waals surface area contributed by atoms with E-state index >= 15 is 0 Å². The lowest BCUT2D eigenvalue weighted by atomic mass is 10.1. The maximum Gasteiger partial charge on any atom is 0.296 e. The molecule has 0 heterocycles. The molecule has 0 saturated carbocycles. The Balaban J connectivity index is 1.66. The van der Waals surface area contributed by atoms with Crippen molar-refractivity contribution in [3.63, 3.8) is 0 Å². The molecule has 4 rings (SSSR count). The Morgan fingerprint density at radius 3 is 1.79 bits per heavy atom. The van der Waals surface area contributed by atoms with Crippen LogP contribution in [0.3, 0.4) is 0 Å². The summed E-state index contributed by atoms with van der Waals surface area (Å²) in [6.45, 7) is 0. The molecule has 0 unspecified atom stereocenters. The number of nitrogen functional groups attached to an aromatic ring is 1. The Kier molecular flexibility index (Phi) is 7.30. The van der Waals surface area contributed by atoms with Crippen molar-refractivity contribution in [3.8, 4) is 0 Å². The number of hydrogen-bond donors (Lipinski definition) is 6. The van der Waals surface area contributed by atoms with E-state index in [1.54, 1.807) is 0 Å². The summed E-state index contributed by atoms with van der Waals surface area (Å²) >= 11 is 0. The summed E-state index contributed by atoms with van der Waals surface area (Å²) in [4.78, 5) is -1.37. The van der Waals surface area contributed by atoms with E-state index in [2.05, 4.69) is 21.1 Å². The highest BCUT2D eigenvalue weighted by molar-refractivity contribution is 7.86. The van der Waals surface area contributed by atoms with Gasteiger partial charge in [-0.2, -0.15) is 25.3 Å². The zero-order valence-electron chi connectivity index (χ0n) is 19.4. The summed E-state index contributed by atoms with van der Waals surface area (Å²) in [6.07, 6.45) is 0. The number of anilines is 3. The van der Waals surface area contributed by atoms with Crippen LogP contribution in [-0.2, 0) is 30.4 Å². The minimum atomic E-state index is -4.79. The summed E-state index contributed by atoms with van der Waals surface area (Å²) in [7, 11) is -13.8. The van der Waals surface area contributed by atoms with Crippen LogP contribution in [0.2, 0.25) is 0 Å². The number of rotatable bonds is 8. The first-order valence-corrected chi connectivity index (χ1v) is 14.9. The van der Waals surface area contributed by atoms with Gasteiger partial charge in [0.15, 0.2) is 0 Å². The first-order chi connectivity index (χ1) is 18.1. The second-order valence-corrected chi connectivity index (χ2v) is 12.1. The van der Waals surface area contributed by atoms with Gasteiger partial charge in [0, 0.05) is 16.5 Å². The fourth-order valence-electron chi connectivity index (χ4n) is 3.53. The van der Waals surface area contributed by atoms with Crippen LogP contribution in [0.5, 0.6) is 0 Å². The Morgan fingerprint density at radius 1 is 0.615 bits per heavy atom. The topological polar surface area (TPSA) is 238 Å². The smallest absolute Gasteiger partial charge is 0.296 e. The number of azo groups is 1. The van der Waals surface area contributed by atoms with E-state index in [0.717, 1.165) is 24.3 Å². The van der Waals surface area contributed by atoms with Crippen LogP contribution in [-0.4, -0.2) is 38.9 Å². The first kappa shape index (κ1) is 27.9. The third-order valence-corrected chi connectivity index (χ3v) is 7.94. The molecule has 0 spiro atoms. The van der Waals surface area contributed by atoms with E-state index in [0.29, 0.717) is 5.69 Å². The maximum atomic E-state index is 12.0. The van der Waals surface area contributed by atoms with Crippen molar-refractivity contribution in [2.24, 2.45) is 10.2 Å². The van der Waals surface area contributed by atoms with Gasteiger partial charge in [0.1, 0.15) is 15.5 Å². The highest BCUT2D eigenvalue weighted by Gasteiger charge is 2.19. The molecule has 14 nitrogen and oxygen atoms in total. The van der Waals surface area contributed by atoms with E-state index in [4.69, 9.17) is 10.3 Å². The lowest BCUT2D eigenvalue weighted by molar-refractivity contribution is 0.481. The van der Waals surface area contributed by atoms with Gasteiger partial charge in [-0.25, -0.2) is 0 Å². The summed E-state index contributed by atoms with van der Waals surface area (Å²) in [5.41, 5.74) is 11.7. The van der Waals surface area contributed by atoms with Crippen molar-refractivity contribution >= 4 is 69.6 Å². The predicted molar refractivity (Wildman–Crippen MR) is 142 cm³/mol. The van der Waals surface area contributed by atoms with Crippen LogP contribution in [0, 0.1) is 0 Å². The van der Waals surface area contributed by atoms with E-state index in [1.807, 2.05) is 0 Å². The van der Waals surface area contributed by atoms with Crippen LogP contribution in [0.25, 0.3) is 10.8 Å². The minimum absolute atomic E-state index is 0.00157. The molecule has 204 valence electrons. The number of hydrogen-bond acceptors (Lipinski definition) is 11. The number of fused-ring (bicyclic) bond motifs is 1. The SMILES string of the molecule is Nc1ccc(N=Nc2ccc(NNc3ccc(S(=O)(=O)O)cc3)cc2S(=O)(=O)O)c2cccc(S(=O)(=O)O)c12. The van der Waals surface area contributed by atoms with Crippen LogP contribution >= 0.6 is 0 Å². The Hall–Kier alpha value is -4.13. The molecule has 0 aliphatic rings. The number of nitrogens with zero attached hydrogens (tertiary/aromatic N) is 2. The summed E-state index contributed by atoms with van der Waals surface area (Å²) < 4.78 is 98.3. The summed E-state index contributed by atoms with van der Waals surface area (Å²) in [6, 6.07) is 15.4. The van der Waals surface area contributed by atoms with Crippen LogP contribution in [0.1, 0.15) is 0 Å². The predicted octanol–water partition coefficient (Wildman–Crippen LogP) is 4.02. The van der Waals surface area contributed by atoms with Gasteiger partial charge < -0.3 is 16.6 Å². The second kappa shape index (κ2) is 10.2. The number of nitrogens with one attached hydrogen (secondary N) is 2. The molecule has 4 aromatic carbocycles. The number of hydrazine groups is 1. The van der Waals surface area contributed by atoms with E-state index in [-0.39, 0.29) is 38.4 Å². The molecule has 39 heavy (non-hydrogen) atoms. The van der Waals surface area contributed by atoms with Crippen molar-refractivity contribution in [3.05, 3.63) is 72.8 Å². The Bertz CT molecular complexity index is 1940. The van der Waals surface area contributed by atoms with Crippen LogP contribution in [0.4, 0.5) is 28.4 Å². The Labute approximate surface area is 222 Å². The molecular formula is C22H19N5O9S3. The number of benzene rings is 4. The van der Waals surface area contributed by atoms with Crippen molar-refractivity contribution in [1.82, 2.24) is 0 Å². The third-order valence-electron chi connectivity index (χ3n) is 5.30. The highest BCUT2D eigenvalue weighted by atomic mass is 32.2. The van der Waals surface area contributed by atoms with Crippen molar-refractivity contribution in [2.45, 2.75) is 14.7 Å². The molecule has 17 heteroatoms. The average molecular weight is 594 g/mol. The molecule has 0 saturated heterocycles. The molecule has 0 atom stereocenters. The molecule has 0 bridgehead atoms. The largest absolute Gasteiger partial charge is 0.398 e. The van der Waals surface area contributed by atoms with Gasteiger partial charge >= 0.3 is 0 Å². The summed E-state index contributed by atoms with van der Waals surface area (Å²) in [5.74, 6) is 0. The number of nitrogens with two attached hydrogens (primary N) is 1. The molecule has 0 aliphatic carbocycles. The van der Waals surface area contributed by atoms with Crippen molar-refractivity contribution in [2.75, 3.05) is 16.6 Å². The average Bonchev–Trinajstić information content (AvgIpc) is 2.86. The van der Waals surface area contributed by atoms with E-state index < -0.39 is 40.1 Å². The van der Waals surface area contributed by atoms with Gasteiger partial charge in [-0.15, -0.1) is 10.2 Å². The van der Waals surface area contributed by atoms with Crippen molar-refractivity contribution in [1.29, 1.82) is 0 Å². The van der Waals surface area contributed by atoms with E-state index in [9.17, 15) is 34.4 Å². The van der Waals surface area contributed by atoms with Crippen LogP contribution < -0.4 is 16.6 Å². The molecule has 0 aromatic heterocycles. The lowest BCUT2D eigenvalue weighted by Crippen LogP contribution is -2.10. The van der Waals surface area contributed by atoms with Gasteiger partial charge in [-0.1, -0.05) is 12.1 Å². The first-order valence-electron chi connectivity index (χ1n) is 10.6. The quantitative estimate of drug-likeness (QED) is 0.0735. The minimum Gasteiger partial charge on any atom is -0.398 e. The lowest BCUT2D eigenvalue weighted by Gasteiger charge is -2.12. The highest BCUT2D eigenvalue weighted by Crippen LogP contribution is 2.36. The molecule has 0 fully saturated rings. The zero-order valence-corrected chi connectivity index (χ0v) is 21.9. The molecule has 0 radical (unpaired) electrons. The normalized spacial score (nSPS) is 12.6. The monoisotopic (exact) mass is 593 g/mol. The second-order valence-electron chi connectivity index (χ2n) is 7.93. The molecular weight excluding hydrogens is 574 g/mol. The van der Waals surface area contributed by atoms with Gasteiger partial charge in [-0.3, -0.25) is 13.7 Å². The maximum absolute atomic E-state index is 12.0. The molecule has 0 amide bonds.